The molecule has 18 heavy (non-hydrogen) atoms. The average molecular weight is 246 g/mol. The Morgan fingerprint density at radius 1 is 1.28 bits per heavy atom. The highest BCUT2D eigenvalue weighted by Gasteiger charge is 2.14. The number of nitrogens with zero attached hydrogens (tertiary/aromatic N) is 5. The molecule has 6 nitrogen and oxygen atoms in total. The van der Waals surface area contributed by atoms with Crippen molar-refractivity contribution in [1.29, 1.82) is 0 Å². The molecule has 0 atom stereocenters. The van der Waals surface area contributed by atoms with Gasteiger partial charge in [-0.2, -0.15) is 0 Å². The molecular weight excluding hydrogens is 228 g/mol. The summed E-state index contributed by atoms with van der Waals surface area (Å²) in [6.07, 6.45) is 9.16. The van der Waals surface area contributed by atoms with Crippen molar-refractivity contribution in [1.82, 2.24) is 29.6 Å². The molecule has 96 valence electrons. The van der Waals surface area contributed by atoms with Crippen molar-refractivity contribution in [2.24, 2.45) is 0 Å². The van der Waals surface area contributed by atoms with Gasteiger partial charge in [0.05, 0.1) is 12.9 Å². The van der Waals surface area contributed by atoms with Crippen molar-refractivity contribution in [2.45, 2.75) is 38.9 Å². The Morgan fingerprint density at radius 2 is 2.28 bits per heavy atom. The molecule has 0 spiro atoms. The first-order valence-corrected chi connectivity index (χ1v) is 6.51. The number of aryl methyl sites for hydroxylation is 1. The molecule has 3 heterocycles. The third kappa shape index (κ3) is 2.43. The Morgan fingerprint density at radius 3 is 3.17 bits per heavy atom. The molecule has 0 radical (unpaired) electrons. The van der Waals surface area contributed by atoms with E-state index in [0.717, 1.165) is 44.2 Å². The molecule has 0 unspecified atom stereocenters. The van der Waals surface area contributed by atoms with Gasteiger partial charge in [0.2, 0.25) is 0 Å². The summed E-state index contributed by atoms with van der Waals surface area (Å²) in [7, 11) is 0. The molecule has 0 aromatic carbocycles. The van der Waals surface area contributed by atoms with Crippen LogP contribution < -0.4 is 5.32 Å². The van der Waals surface area contributed by atoms with Crippen molar-refractivity contribution >= 4 is 0 Å². The fourth-order valence-electron chi connectivity index (χ4n) is 2.33. The van der Waals surface area contributed by atoms with Gasteiger partial charge in [-0.05, 0) is 12.8 Å². The van der Waals surface area contributed by atoms with Gasteiger partial charge in [-0.15, -0.1) is 10.2 Å². The van der Waals surface area contributed by atoms with E-state index in [2.05, 4.69) is 29.6 Å². The number of rotatable bonds is 5. The molecule has 2 aromatic heterocycles. The molecule has 0 saturated carbocycles. The number of aromatic nitrogens is 5. The Balaban J connectivity index is 1.49. The Kier molecular flexibility index (Phi) is 3.36. The van der Waals surface area contributed by atoms with Crippen LogP contribution in [-0.2, 0) is 26.1 Å². The minimum atomic E-state index is 0.793. The van der Waals surface area contributed by atoms with Gasteiger partial charge in [0, 0.05) is 38.4 Å². The first kappa shape index (κ1) is 11.4. The predicted molar refractivity (Wildman–Crippen MR) is 66.9 cm³/mol. The van der Waals surface area contributed by atoms with Crippen molar-refractivity contribution in [3.8, 4) is 0 Å². The molecule has 1 N–H and O–H groups in total. The summed E-state index contributed by atoms with van der Waals surface area (Å²) in [5, 5.41) is 11.9. The van der Waals surface area contributed by atoms with Gasteiger partial charge in [-0.25, -0.2) is 4.98 Å². The molecule has 6 heteroatoms. The van der Waals surface area contributed by atoms with Crippen LogP contribution in [-0.4, -0.2) is 30.9 Å². The zero-order valence-corrected chi connectivity index (χ0v) is 10.4. The van der Waals surface area contributed by atoms with Gasteiger partial charge in [-0.3, -0.25) is 0 Å². The third-order valence-corrected chi connectivity index (χ3v) is 3.33. The molecule has 2 aromatic rings. The van der Waals surface area contributed by atoms with E-state index in [4.69, 9.17) is 0 Å². The third-order valence-electron chi connectivity index (χ3n) is 3.33. The predicted octanol–water partition coefficient (Wildman–Crippen LogP) is 0.601. The summed E-state index contributed by atoms with van der Waals surface area (Å²) in [4.78, 5) is 4.02. The fourth-order valence-corrected chi connectivity index (χ4v) is 2.33. The van der Waals surface area contributed by atoms with Crippen LogP contribution in [0, 0.1) is 0 Å². The smallest absolute Gasteiger partial charge is 0.147 e. The molecule has 1 aliphatic rings. The van der Waals surface area contributed by atoms with Crippen LogP contribution in [0.25, 0.3) is 0 Å². The monoisotopic (exact) mass is 246 g/mol. The molecule has 0 saturated heterocycles. The van der Waals surface area contributed by atoms with Crippen LogP contribution in [0.3, 0.4) is 0 Å². The molecule has 3 rings (SSSR count). The SMILES string of the molecule is c1cn(CCNCc2nnc3n2CCCC3)cn1. The molecule has 1 aliphatic heterocycles. The lowest BCUT2D eigenvalue weighted by molar-refractivity contribution is 0.493. The lowest BCUT2D eigenvalue weighted by atomic mass is 10.2. The largest absolute Gasteiger partial charge is 0.336 e. The highest BCUT2D eigenvalue weighted by molar-refractivity contribution is 4.98. The molecule has 0 amide bonds. The lowest BCUT2D eigenvalue weighted by Crippen LogP contribution is -2.22. The number of imidazole rings is 1. The Hall–Kier alpha value is -1.69. The van der Waals surface area contributed by atoms with Crippen LogP contribution in [0.2, 0.25) is 0 Å². The van der Waals surface area contributed by atoms with E-state index >= 15 is 0 Å². The number of hydrogen-bond donors (Lipinski definition) is 1. The summed E-state index contributed by atoms with van der Waals surface area (Å²) in [5.41, 5.74) is 0. The normalized spacial score (nSPS) is 14.7. The highest BCUT2D eigenvalue weighted by Crippen LogP contribution is 2.13. The maximum absolute atomic E-state index is 4.26. The van der Waals surface area contributed by atoms with E-state index in [1.54, 1.807) is 6.20 Å². The second-order valence-electron chi connectivity index (χ2n) is 4.62. The van der Waals surface area contributed by atoms with Crippen LogP contribution in [0.5, 0.6) is 0 Å². The second kappa shape index (κ2) is 5.30. The van der Waals surface area contributed by atoms with Crippen LogP contribution in [0.1, 0.15) is 24.5 Å². The van der Waals surface area contributed by atoms with Crippen LogP contribution >= 0.6 is 0 Å². The van der Waals surface area contributed by atoms with E-state index in [1.807, 2.05) is 12.5 Å². The first-order valence-electron chi connectivity index (χ1n) is 6.51. The number of fused-ring (bicyclic) bond motifs is 1. The highest BCUT2D eigenvalue weighted by atomic mass is 15.3. The summed E-state index contributed by atoms with van der Waals surface area (Å²) < 4.78 is 4.32. The van der Waals surface area contributed by atoms with Gasteiger partial charge < -0.3 is 14.5 Å². The Bertz CT molecular complexity index is 487. The van der Waals surface area contributed by atoms with Crippen LogP contribution in [0.4, 0.5) is 0 Å². The lowest BCUT2D eigenvalue weighted by Gasteiger charge is -2.14. The first-order chi connectivity index (χ1) is 8.93. The molecule has 0 bridgehead atoms. The summed E-state index contributed by atoms with van der Waals surface area (Å²) in [6.45, 7) is 3.71. The summed E-state index contributed by atoms with van der Waals surface area (Å²) >= 11 is 0. The van der Waals surface area contributed by atoms with Gasteiger partial charge >= 0.3 is 0 Å². The maximum Gasteiger partial charge on any atom is 0.147 e. The van der Waals surface area contributed by atoms with E-state index in [9.17, 15) is 0 Å². The van der Waals surface area contributed by atoms with E-state index in [1.165, 1.54) is 12.8 Å². The van der Waals surface area contributed by atoms with E-state index in [-0.39, 0.29) is 0 Å². The second-order valence-corrected chi connectivity index (χ2v) is 4.62. The van der Waals surface area contributed by atoms with Gasteiger partial charge in [0.15, 0.2) is 0 Å². The van der Waals surface area contributed by atoms with Crippen LogP contribution in [0.15, 0.2) is 18.7 Å². The zero-order chi connectivity index (χ0) is 12.2. The van der Waals surface area contributed by atoms with Crippen molar-refractivity contribution in [2.75, 3.05) is 6.54 Å². The summed E-state index contributed by atoms with van der Waals surface area (Å²) in [5.74, 6) is 2.21. The summed E-state index contributed by atoms with van der Waals surface area (Å²) in [6, 6.07) is 0. The van der Waals surface area contributed by atoms with Crippen molar-refractivity contribution < 1.29 is 0 Å². The fraction of sp³-hybridized carbons (Fsp3) is 0.583. The maximum atomic E-state index is 4.26. The molecular formula is C12H18N6. The van der Waals surface area contributed by atoms with Gasteiger partial charge in [0.1, 0.15) is 11.6 Å². The van der Waals surface area contributed by atoms with Gasteiger partial charge in [-0.1, -0.05) is 0 Å². The number of hydrogen-bond acceptors (Lipinski definition) is 4. The topological polar surface area (TPSA) is 60.6 Å². The quantitative estimate of drug-likeness (QED) is 0.785. The van der Waals surface area contributed by atoms with Gasteiger partial charge in [0.25, 0.3) is 0 Å². The molecule has 0 fully saturated rings. The van der Waals surface area contributed by atoms with Crippen molar-refractivity contribution in [3.63, 3.8) is 0 Å². The zero-order valence-electron chi connectivity index (χ0n) is 10.4. The number of nitrogens with one attached hydrogen (secondary N) is 1. The van der Waals surface area contributed by atoms with E-state index in [0.29, 0.717) is 0 Å². The molecule has 0 aliphatic carbocycles. The Labute approximate surface area is 106 Å². The van der Waals surface area contributed by atoms with E-state index < -0.39 is 0 Å². The minimum Gasteiger partial charge on any atom is -0.336 e. The minimum absolute atomic E-state index is 0.793. The average Bonchev–Trinajstić information content (AvgIpc) is 3.04. The van der Waals surface area contributed by atoms with Crippen molar-refractivity contribution in [3.05, 3.63) is 30.4 Å². The standard InChI is InChI=1S/C12H18N6/c1-2-6-18-11(3-1)15-16-12(18)9-13-4-7-17-8-5-14-10-17/h5,8,10,13H,1-4,6-7,9H2.